The van der Waals surface area contributed by atoms with Gasteiger partial charge in [0.1, 0.15) is 6.61 Å². The molecule has 0 aromatic heterocycles. The van der Waals surface area contributed by atoms with Crippen LogP contribution in [0.4, 0.5) is 5.69 Å². The summed E-state index contributed by atoms with van der Waals surface area (Å²) in [7, 11) is 0. The van der Waals surface area contributed by atoms with Crippen LogP contribution in [0.5, 0.6) is 0 Å². The number of carbonyl (C=O) groups excluding carboxylic acids is 2. The Morgan fingerprint density at radius 2 is 1.81 bits per heavy atom. The van der Waals surface area contributed by atoms with Gasteiger partial charge >= 0.3 is 5.97 Å². The first-order valence-electron chi connectivity index (χ1n) is 9.70. The maximum atomic E-state index is 11.8. The summed E-state index contributed by atoms with van der Waals surface area (Å²) < 4.78 is 11.0. The molecule has 27 heavy (non-hydrogen) atoms. The molecule has 1 N–H and O–H groups in total. The van der Waals surface area contributed by atoms with Crippen molar-refractivity contribution in [3.8, 4) is 0 Å². The molecule has 2 aliphatic rings. The van der Waals surface area contributed by atoms with Gasteiger partial charge in [-0.1, -0.05) is 18.2 Å². The van der Waals surface area contributed by atoms with Crippen molar-refractivity contribution in [2.75, 3.05) is 57.8 Å². The highest BCUT2D eigenvalue weighted by Gasteiger charge is 2.25. The van der Waals surface area contributed by atoms with Crippen LogP contribution in [0.2, 0.25) is 0 Å². The number of nitrogens with zero attached hydrogens (tertiary/aromatic N) is 2. The Bertz CT molecular complexity index is 644. The van der Waals surface area contributed by atoms with E-state index in [1.165, 1.54) is 6.92 Å². The lowest BCUT2D eigenvalue weighted by atomic mass is 10.00. The molecule has 1 aromatic carbocycles. The second kappa shape index (κ2) is 9.82. The van der Waals surface area contributed by atoms with E-state index in [0.29, 0.717) is 19.6 Å². The van der Waals surface area contributed by atoms with Crippen LogP contribution in [-0.4, -0.2) is 74.2 Å². The van der Waals surface area contributed by atoms with Crippen LogP contribution >= 0.6 is 0 Å². The largest absolute Gasteiger partial charge is 0.465 e. The van der Waals surface area contributed by atoms with E-state index >= 15 is 0 Å². The molecule has 7 nitrogen and oxygen atoms in total. The van der Waals surface area contributed by atoms with Crippen LogP contribution in [-0.2, 0) is 19.1 Å². The summed E-state index contributed by atoms with van der Waals surface area (Å²) in [6.07, 6.45) is 1.19. The Kier molecular flexibility index (Phi) is 7.20. The lowest BCUT2D eigenvalue weighted by molar-refractivity contribution is -0.141. The van der Waals surface area contributed by atoms with Crippen molar-refractivity contribution in [1.82, 2.24) is 9.80 Å². The lowest BCUT2D eigenvalue weighted by Crippen LogP contribution is -2.47. The van der Waals surface area contributed by atoms with Gasteiger partial charge in [0.25, 0.3) is 0 Å². The molecule has 1 aromatic rings. The predicted octanol–water partition coefficient (Wildman–Crippen LogP) is 1.66. The number of para-hydroxylation sites is 1. The van der Waals surface area contributed by atoms with Gasteiger partial charge in [0.2, 0.25) is 5.91 Å². The Morgan fingerprint density at radius 1 is 1.11 bits per heavy atom. The average molecular weight is 375 g/mol. The van der Waals surface area contributed by atoms with Gasteiger partial charge in [0.05, 0.1) is 12.5 Å². The van der Waals surface area contributed by atoms with E-state index in [-0.39, 0.29) is 18.0 Å². The van der Waals surface area contributed by atoms with E-state index in [9.17, 15) is 9.59 Å². The molecule has 1 atom stereocenters. The van der Waals surface area contributed by atoms with Crippen molar-refractivity contribution in [2.24, 2.45) is 0 Å². The third kappa shape index (κ3) is 6.02. The van der Waals surface area contributed by atoms with Crippen molar-refractivity contribution >= 4 is 17.6 Å². The number of anilines is 1. The molecule has 1 unspecified atom stereocenters. The standard InChI is InChI=1S/C20H29N3O4/c1-16(24)26-14-12-23-10-8-22(9-11-23)7-4-13-27-19-15-20(25)21-18-6-3-2-5-17(18)19/h2-3,5-6,19H,4,7-15H2,1H3,(H,21,25). The number of carbonyl (C=O) groups is 2. The minimum atomic E-state index is -0.216. The Balaban J connectivity index is 1.32. The maximum absolute atomic E-state index is 11.8. The molecule has 0 aliphatic carbocycles. The maximum Gasteiger partial charge on any atom is 0.302 e. The highest BCUT2D eigenvalue weighted by atomic mass is 16.5. The smallest absolute Gasteiger partial charge is 0.302 e. The first-order valence-corrected chi connectivity index (χ1v) is 9.70. The molecule has 7 heteroatoms. The molecule has 0 radical (unpaired) electrons. The first-order chi connectivity index (χ1) is 13.1. The predicted molar refractivity (Wildman–Crippen MR) is 103 cm³/mol. The van der Waals surface area contributed by atoms with Gasteiger partial charge in [-0.2, -0.15) is 0 Å². The number of benzene rings is 1. The van der Waals surface area contributed by atoms with Gasteiger partial charge in [0.15, 0.2) is 0 Å². The Labute approximate surface area is 160 Å². The number of rotatable bonds is 8. The summed E-state index contributed by atoms with van der Waals surface area (Å²) in [4.78, 5) is 27.4. The van der Waals surface area contributed by atoms with Crippen LogP contribution < -0.4 is 5.32 Å². The summed E-state index contributed by atoms with van der Waals surface area (Å²) >= 11 is 0. The topological polar surface area (TPSA) is 71.1 Å². The van der Waals surface area contributed by atoms with Crippen molar-refractivity contribution in [3.05, 3.63) is 29.8 Å². The van der Waals surface area contributed by atoms with Gasteiger partial charge in [-0.15, -0.1) is 0 Å². The van der Waals surface area contributed by atoms with Crippen molar-refractivity contribution < 1.29 is 19.1 Å². The van der Waals surface area contributed by atoms with Gasteiger partial charge in [0, 0.05) is 64.0 Å². The number of esters is 1. The molecule has 2 heterocycles. The van der Waals surface area contributed by atoms with Gasteiger partial charge in [-0.3, -0.25) is 14.5 Å². The lowest BCUT2D eigenvalue weighted by Gasteiger charge is -2.34. The monoisotopic (exact) mass is 375 g/mol. The Morgan fingerprint density at radius 3 is 2.56 bits per heavy atom. The number of fused-ring (bicyclic) bond motifs is 1. The SMILES string of the molecule is CC(=O)OCCN1CCN(CCCOC2CC(=O)Nc3ccccc32)CC1. The highest BCUT2D eigenvalue weighted by Crippen LogP contribution is 2.32. The zero-order chi connectivity index (χ0) is 19.1. The summed E-state index contributed by atoms with van der Waals surface area (Å²) in [5, 5.41) is 2.90. The molecule has 0 spiro atoms. The molecule has 0 saturated carbocycles. The van der Waals surface area contributed by atoms with Crippen LogP contribution in [0.25, 0.3) is 0 Å². The van der Waals surface area contributed by atoms with Crippen LogP contribution in [0.1, 0.15) is 31.4 Å². The summed E-state index contributed by atoms with van der Waals surface area (Å²) in [5.41, 5.74) is 1.93. The van der Waals surface area contributed by atoms with Crippen LogP contribution in [0, 0.1) is 0 Å². The molecular weight excluding hydrogens is 346 g/mol. The fourth-order valence-corrected chi connectivity index (χ4v) is 3.59. The third-order valence-electron chi connectivity index (χ3n) is 5.07. The summed E-state index contributed by atoms with van der Waals surface area (Å²) in [5.74, 6) is -0.199. The number of ether oxygens (including phenoxy) is 2. The number of piperazine rings is 1. The second-order valence-electron chi connectivity index (χ2n) is 7.08. The quantitative estimate of drug-likeness (QED) is 0.550. The number of hydrogen-bond acceptors (Lipinski definition) is 6. The minimum Gasteiger partial charge on any atom is -0.465 e. The number of amides is 1. The van der Waals surface area contributed by atoms with Crippen molar-refractivity contribution in [1.29, 1.82) is 0 Å². The fraction of sp³-hybridized carbons (Fsp3) is 0.600. The molecule has 0 bridgehead atoms. The molecular formula is C20H29N3O4. The first kappa shape index (κ1) is 19.8. The van der Waals surface area contributed by atoms with Gasteiger partial charge in [-0.25, -0.2) is 0 Å². The minimum absolute atomic E-state index is 0.0172. The molecule has 1 amide bonds. The van der Waals surface area contributed by atoms with E-state index in [1.807, 2.05) is 24.3 Å². The van der Waals surface area contributed by atoms with E-state index in [0.717, 1.165) is 56.9 Å². The van der Waals surface area contributed by atoms with Crippen LogP contribution in [0.3, 0.4) is 0 Å². The molecule has 3 rings (SSSR count). The molecule has 2 aliphatic heterocycles. The van der Waals surface area contributed by atoms with Crippen LogP contribution in [0.15, 0.2) is 24.3 Å². The van der Waals surface area contributed by atoms with Gasteiger partial charge < -0.3 is 19.7 Å². The van der Waals surface area contributed by atoms with E-state index in [2.05, 4.69) is 15.1 Å². The summed E-state index contributed by atoms with van der Waals surface area (Å²) in [6.45, 7) is 8.41. The normalized spacial score (nSPS) is 20.8. The average Bonchev–Trinajstić information content (AvgIpc) is 2.66. The molecule has 1 fully saturated rings. The zero-order valence-corrected chi connectivity index (χ0v) is 16.0. The van der Waals surface area contributed by atoms with E-state index < -0.39 is 0 Å². The molecule has 148 valence electrons. The second-order valence-corrected chi connectivity index (χ2v) is 7.08. The summed E-state index contributed by atoms with van der Waals surface area (Å²) in [6, 6.07) is 7.85. The zero-order valence-electron chi connectivity index (χ0n) is 16.0. The van der Waals surface area contributed by atoms with E-state index in [1.54, 1.807) is 0 Å². The fourth-order valence-electron chi connectivity index (χ4n) is 3.59. The van der Waals surface area contributed by atoms with Gasteiger partial charge in [-0.05, 0) is 12.5 Å². The number of hydrogen-bond donors (Lipinski definition) is 1. The third-order valence-corrected chi connectivity index (χ3v) is 5.07. The Hall–Kier alpha value is -1.96. The molecule has 1 saturated heterocycles. The highest BCUT2D eigenvalue weighted by molar-refractivity contribution is 5.94. The van der Waals surface area contributed by atoms with Crippen molar-refractivity contribution in [2.45, 2.75) is 25.9 Å². The number of nitrogens with one attached hydrogen (secondary N) is 1. The van der Waals surface area contributed by atoms with E-state index in [4.69, 9.17) is 9.47 Å². The van der Waals surface area contributed by atoms with Crippen molar-refractivity contribution in [3.63, 3.8) is 0 Å².